The number of carbonyl (C=O) groups is 1. The topological polar surface area (TPSA) is 40.5 Å². The molecule has 1 aromatic rings. The molecule has 1 aromatic carbocycles. The van der Waals surface area contributed by atoms with Crippen molar-refractivity contribution in [3.05, 3.63) is 34.1 Å². The average Bonchev–Trinajstić information content (AvgIpc) is 2.25. The second-order valence-corrected chi connectivity index (χ2v) is 5.75. The zero-order valence-electron chi connectivity index (χ0n) is 11.2. The van der Waals surface area contributed by atoms with Gasteiger partial charge in [0.15, 0.2) is 0 Å². The van der Waals surface area contributed by atoms with Crippen LogP contribution in [0.5, 0.6) is 0 Å². The number of hydrogen-bond acceptors (Lipinski definition) is 2. The molecule has 19 heavy (non-hydrogen) atoms. The molecule has 0 amide bonds. The summed E-state index contributed by atoms with van der Waals surface area (Å²) in [6.07, 6.45) is 0.764. The maximum Gasteiger partial charge on any atom is 0.303 e. The largest absolute Gasteiger partial charge is 0.481 e. The zero-order chi connectivity index (χ0) is 14.4. The molecule has 0 atom stereocenters. The summed E-state index contributed by atoms with van der Waals surface area (Å²) in [6.45, 7) is 5.41. The number of halogens is 2. The first-order valence-electron chi connectivity index (χ1n) is 6.29. The lowest BCUT2D eigenvalue weighted by Crippen LogP contribution is -2.31. The Hall–Kier alpha value is -0.940. The zero-order valence-corrected chi connectivity index (χ0v) is 12.8. The number of carboxylic acids is 1. The van der Waals surface area contributed by atoms with Crippen molar-refractivity contribution in [2.45, 2.75) is 39.3 Å². The Morgan fingerprint density at radius 1 is 1.42 bits per heavy atom. The van der Waals surface area contributed by atoms with Crippen LogP contribution in [0.2, 0.25) is 0 Å². The van der Waals surface area contributed by atoms with Gasteiger partial charge in [0.25, 0.3) is 0 Å². The summed E-state index contributed by atoms with van der Waals surface area (Å²) in [5.74, 6) is -1.05. The summed E-state index contributed by atoms with van der Waals surface area (Å²) in [7, 11) is 0. The highest BCUT2D eigenvalue weighted by Crippen LogP contribution is 2.17. The van der Waals surface area contributed by atoms with Gasteiger partial charge in [-0.15, -0.1) is 0 Å². The first-order chi connectivity index (χ1) is 8.88. The molecule has 3 nitrogen and oxygen atoms in total. The molecule has 5 heteroatoms. The summed E-state index contributed by atoms with van der Waals surface area (Å²) >= 11 is 3.28. The van der Waals surface area contributed by atoms with Crippen LogP contribution in [0.15, 0.2) is 22.7 Å². The molecule has 0 fully saturated rings. The Balaban J connectivity index is 2.64. The van der Waals surface area contributed by atoms with E-state index in [9.17, 15) is 9.18 Å². The minimum atomic E-state index is -0.780. The first kappa shape index (κ1) is 16.1. The van der Waals surface area contributed by atoms with E-state index in [1.54, 1.807) is 0 Å². The van der Waals surface area contributed by atoms with Gasteiger partial charge in [-0.25, -0.2) is 4.39 Å². The van der Waals surface area contributed by atoms with Gasteiger partial charge in [-0.2, -0.15) is 0 Å². The molecule has 0 aliphatic heterocycles. The molecule has 0 spiro atoms. The lowest BCUT2D eigenvalue weighted by molar-refractivity contribution is -0.137. The van der Waals surface area contributed by atoms with Gasteiger partial charge in [0.1, 0.15) is 5.82 Å². The number of nitrogens with zero attached hydrogens (tertiary/aromatic N) is 1. The van der Waals surface area contributed by atoms with Gasteiger partial charge in [-0.05, 0) is 50.6 Å². The molecule has 0 aliphatic carbocycles. The van der Waals surface area contributed by atoms with Crippen molar-refractivity contribution in [3.63, 3.8) is 0 Å². The molecule has 0 radical (unpaired) electrons. The van der Waals surface area contributed by atoms with Crippen molar-refractivity contribution in [2.24, 2.45) is 0 Å². The SMILES string of the molecule is CC(C)N(CCCC(=O)O)Cc1cc(F)cc(Br)c1. The summed E-state index contributed by atoms with van der Waals surface area (Å²) in [5.41, 5.74) is 0.885. The fraction of sp³-hybridized carbons (Fsp3) is 0.500. The lowest BCUT2D eigenvalue weighted by Gasteiger charge is -2.26. The lowest BCUT2D eigenvalue weighted by atomic mass is 10.1. The monoisotopic (exact) mass is 331 g/mol. The smallest absolute Gasteiger partial charge is 0.303 e. The first-order valence-corrected chi connectivity index (χ1v) is 7.08. The van der Waals surface area contributed by atoms with E-state index in [1.165, 1.54) is 12.1 Å². The highest BCUT2D eigenvalue weighted by Gasteiger charge is 2.11. The second-order valence-electron chi connectivity index (χ2n) is 4.84. The molecule has 1 rings (SSSR count). The van der Waals surface area contributed by atoms with Gasteiger partial charge in [0.2, 0.25) is 0 Å². The normalized spacial score (nSPS) is 11.3. The van der Waals surface area contributed by atoms with Crippen molar-refractivity contribution in [1.29, 1.82) is 0 Å². The Bertz CT molecular complexity index is 417. The summed E-state index contributed by atoms with van der Waals surface area (Å²) in [5, 5.41) is 8.65. The van der Waals surface area contributed by atoms with E-state index >= 15 is 0 Å². The van der Waals surface area contributed by atoms with Gasteiger partial charge >= 0.3 is 5.97 Å². The van der Waals surface area contributed by atoms with E-state index in [2.05, 4.69) is 34.7 Å². The Morgan fingerprint density at radius 3 is 2.63 bits per heavy atom. The molecule has 0 aromatic heterocycles. The van der Waals surface area contributed by atoms with E-state index in [0.29, 0.717) is 19.5 Å². The molecule has 106 valence electrons. The quantitative estimate of drug-likeness (QED) is 0.828. The van der Waals surface area contributed by atoms with Crippen LogP contribution < -0.4 is 0 Å². The fourth-order valence-electron chi connectivity index (χ4n) is 1.89. The molecular weight excluding hydrogens is 313 g/mol. The molecule has 0 saturated heterocycles. The van der Waals surface area contributed by atoms with Gasteiger partial charge in [-0.1, -0.05) is 15.9 Å². The number of carboxylic acid groups (broad SMARTS) is 1. The highest BCUT2D eigenvalue weighted by atomic mass is 79.9. The predicted octanol–water partition coefficient (Wildman–Crippen LogP) is 3.66. The molecule has 0 bridgehead atoms. The van der Waals surface area contributed by atoms with Crippen LogP contribution in [0.25, 0.3) is 0 Å². The van der Waals surface area contributed by atoms with Crippen molar-refractivity contribution in [1.82, 2.24) is 4.90 Å². The maximum atomic E-state index is 13.3. The van der Waals surface area contributed by atoms with Crippen LogP contribution in [0, 0.1) is 5.82 Å². The third-order valence-electron chi connectivity index (χ3n) is 2.87. The third-order valence-corrected chi connectivity index (χ3v) is 3.33. The predicted molar refractivity (Wildman–Crippen MR) is 76.5 cm³/mol. The molecule has 0 unspecified atom stereocenters. The van der Waals surface area contributed by atoms with Crippen molar-refractivity contribution < 1.29 is 14.3 Å². The average molecular weight is 332 g/mol. The third kappa shape index (κ3) is 6.16. The van der Waals surface area contributed by atoms with Crippen LogP contribution in [-0.2, 0) is 11.3 Å². The van der Waals surface area contributed by atoms with Crippen molar-refractivity contribution in [2.75, 3.05) is 6.54 Å². The van der Waals surface area contributed by atoms with Crippen LogP contribution >= 0.6 is 15.9 Å². The number of hydrogen-bond donors (Lipinski definition) is 1. The molecule has 0 heterocycles. The summed E-state index contributed by atoms with van der Waals surface area (Å²) in [4.78, 5) is 12.7. The Morgan fingerprint density at radius 2 is 2.11 bits per heavy atom. The van der Waals surface area contributed by atoms with Crippen molar-refractivity contribution in [3.8, 4) is 0 Å². The summed E-state index contributed by atoms with van der Waals surface area (Å²) in [6, 6.07) is 5.11. The molecule has 0 saturated carbocycles. The Kier molecular flexibility index (Phi) is 6.45. The van der Waals surface area contributed by atoms with Crippen molar-refractivity contribution >= 4 is 21.9 Å². The minimum absolute atomic E-state index is 0.163. The van der Waals surface area contributed by atoms with Gasteiger partial charge in [-0.3, -0.25) is 9.69 Å². The molecular formula is C14H19BrFNO2. The van der Waals surface area contributed by atoms with Crippen LogP contribution in [0.1, 0.15) is 32.3 Å². The van der Waals surface area contributed by atoms with Crippen LogP contribution in [-0.4, -0.2) is 28.6 Å². The van der Waals surface area contributed by atoms with E-state index in [4.69, 9.17) is 5.11 Å². The van der Waals surface area contributed by atoms with Gasteiger partial charge < -0.3 is 5.11 Å². The summed E-state index contributed by atoms with van der Waals surface area (Å²) < 4.78 is 14.0. The molecule has 0 aliphatic rings. The van der Waals surface area contributed by atoms with Gasteiger partial charge in [0.05, 0.1) is 0 Å². The molecule has 1 N–H and O–H groups in total. The van der Waals surface area contributed by atoms with Crippen LogP contribution in [0.4, 0.5) is 4.39 Å². The minimum Gasteiger partial charge on any atom is -0.481 e. The van der Waals surface area contributed by atoms with E-state index < -0.39 is 5.97 Å². The maximum absolute atomic E-state index is 13.3. The second kappa shape index (κ2) is 7.60. The number of aliphatic carboxylic acids is 1. The Labute approximate surface area is 121 Å². The van der Waals surface area contributed by atoms with E-state index in [-0.39, 0.29) is 18.3 Å². The van der Waals surface area contributed by atoms with E-state index in [0.717, 1.165) is 10.0 Å². The fourth-order valence-corrected chi connectivity index (χ4v) is 2.40. The number of rotatable bonds is 7. The highest BCUT2D eigenvalue weighted by molar-refractivity contribution is 9.10. The standard InChI is InChI=1S/C14H19BrFNO2/c1-10(2)17(5-3-4-14(18)19)9-11-6-12(15)8-13(16)7-11/h6-8,10H,3-5,9H2,1-2H3,(H,18,19). The number of benzene rings is 1. The van der Waals surface area contributed by atoms with E-state index in [1.807, 2.05) is 6.07 Å². The van der Waals surface area contributed by atoms with Gasteiger partial charge in [0, 0.05) is 23.5 Å². The van der Waals surface area contributed by atoms with Crippen LogP contribution in [0.3, 0.4) is 0 Å².